The lowest BCUT2D eigenvalue weighted by atomic mass is 10.1. The number of alkyl halides is 3. The first-order valence-electron chi connectivity index (χ1n) is 9.26. The van der Waals surface area contributed by atoms with Crippen LogP contribution in [0.1, 0.15) is 31.5 Å². The van der Waals surface area contributed by atoms with E-state index in [1.165, 1.54) is 33.0 Å². The molecule has 0 radical (unpaired) electrons. The van der Waals surface area contributed by atoms with Gasteiger partial charge in [-0.3, -0.25) is 4.79 Å². The van der Waals surface area contributed by atoms with Gasteiger partial charge in [0.2, 0.25) is 21.9 Å². The van der Waals surface area contributed by atoms with E-state index in [1.54, 1.807) is 12.1 Å². The summed E-state index contributed by atoms with van der Waals surface area (Å²) in [6.07, 6.45) is -2.22. The number of aromatic nitrogens is 3. The van der Waals surface area contributed by atoms with E-state index in [4.69, 9.17) is 5.14 Å². The summed E-state index contributed by atoms with van der Waals surface area (Å²) in [5.74, 6) is -0.662. The molecule has 9 nitrogen and oxygen atoms in total. The maximum absolute atomic E-state index is 13.0. The molecule has 0 saturated heterocycles. The maximum Gasteiger partial charge on any atom is 0.433 e. The van der Waals surface area contributed by atoms with E-state index in [2.05, 4.69) is 25.6 Å². The number of hydrogen-bond acceptors (Lipinski definition) is 8. The number of benzene rings is 1. The second-order valence-corrected chi connectivity index (χ2v) is 10.6. The Labute approximate surface area is 191 Å². The molecule has 1 amide bonds. The number of carbonyl (C=O) groups is 1. The molecule has 0 aliphatic carbocycles. The number of hydrogen-bond donors (Lipinski definition) is 3. The molecule has 0 unspecified atom stereocenters. The fourth-order valence-corrected chi connectivity index (χ4v) is 4.30. The van der Waals surface area contributed by atoms with Gasteiger partial charge in [-0.2, -0.15) is 13.2 Å². The van der Waals surface area contributed by atoms with Crippen molar-refractivity contribution in [3.8, 4) is 10.4 Å². The van der Waals surface area contributed by atoms with Gasteiger partial charge < -0.3 is 10.6 Å². The van der Waals surface area contributed by atoms with Crippen molar-refractivity contribution in [2.45, 2.75) is 31.7 Å². The van der Waals surface area contributed by atoms with Gasteiger partial charge in [-0.1, -0.05) is 0 Å². The quantitative estimate of drug-likeness (QED) is 0.467. The van der Waals surface area contributed by atoms with Gasteiger partial charge in [0.15, 0.2) is 0 Å². The largest absolute Gasteiger partial charge is 0.433 e. The standard InChI is InChI=1S/C19H19F3N6O3S2/c1-10(29)26-12-6-11(14-9-25-16(32-14)18(2,3)33(23,30)31)7-13(8-12)27-17-24-5-4-15(28-17)19(20,21)22/h4-9H,1-3H3,(H,26,29)(H2,23,30,31)(H,24,27,28). The van der Waals surface area contributed by atoms with Crippen LogP contribution in [0.25, 0.3) is 10.4 Å². The second-order valence-electron chi connectivity index (χ2n) is 7.45. The first-order valence-corrected chi connectivity index (χ1v) is 11.6. The molecular weight excluding hydrogens is 481 g/mol. The summed E-state index contributed by atoms with van der Waals surface area (Å²) in [6, 6.07) is 5.43. The highest BCUT2D eigenvalue weighted by molar-refractivity contribution is 7.90. The molecule has 3 rings (SSSR count). The highest BCUT2D eigenvalue weighted by atomic mass is 32.2. The van der Waals surface area contributed by atoms with Gasteiger partial charge in [-0.15, -0.1) is 11.3 Å². The smallest absolute Gasteiger partial charge is 0.326 e. The zero-order valence-corrected chi connectivity index (χ0v) is 19.2. The Balaban J connectivity index is 2.03. The number of amides is 1. The molecule has 2 aromatic heterocycles. The Morgan fingerprint density at radius 3 is 2.39 bits per heavy atom. The van der Waals surface area contributed by atoms with Crippen LogP contribution < -0.4 is 15.8 Å². The molecular formula is C19H19F3N6O3S2. The summed E-state index contributed by atoms with van der Waals surface area (Å²) in [7, 11) is -3.94. The van der Waals surface area contributed by atoms with E-state index < -0.39 is 26.6 Å². The van der Waals surface area contributed by atoms with Crippen molar-refractivity contribution in [3.05, 3.63) is 47.4 Å². The van der Waals surface area contributed by atoms with Crippen molar-refractivity contribution in [1.82, 2.24) is 15.0 Å². The third-order valence-electron chi connectivity index (χ3n) is 4.47. The Morgan fingerprint density at radius 2 is 1.79 bits per heavy atom. The van der Waals surface area contributed by atoms with Gasteiger partial charge in [0.05, 0.1) is 4.88 Å². The van der Waals surface area contributed by atoms with E-state index in [1.807, 2.05) is 0 Å². The fourth-order valence-electron chi connectivity index (χ4n) is 2.63. The van der Waals surface area contributed by atoms with Crippen LogP contribution in [0.15, 0.2) is 36.7 Å². The number of sulfonamides is 1. The molecule has 3 aromatic rings. The molecule has 0 aliphatic rings. The number of thiazole rings is 1. The van der Waals surface area contributed by atoms with Crippen LogP contribution >= 0.6 is 11.3 Å². The van der Waals surface area contributed by atoms with Crippen molar-refractivity contribution in [1.29, 1.82) is 0 Å². The van der Waals surface area contributed by atoms with Gasteiger partial charge in [-0.25, -0.2) is 28.5 Å². The molecule has 0 bridgehead atoms. The highest BCUT2D eigenvalue weighted by Gasteiger charge is 2.36. The molecule has 4 N–H and O–H groups in total. The summed E-state index contributed by atoms with van der Waals surface area (Å²) in [4.78, 5) is 23.6. The molecule has 0 fully saturated rings. The number of rotatable bonds is 6. The van der Waals surface area contributed by atoms with Crippen LogP contribution in [0.2, 0.25) is 0 Å². The number of anilines is 3. The Morgan fingerprint density at radius 1 is 1.12 bits per heavy atom. The van der Waals surface area contributed by atoms with E-state index in [0.29, 0.717) is 16.1 Å². The molecule has 176 valence electrons. The summed E-state index contributed by atoms with van der Waals surface area (Å²) in [5.41, 5.74) is 0.0339. The van der Waals surface area contributed by atoms with Crippen LogP contribution in [0.3, 0.4) is 0 Å². The van der Waals surface area contributed by atoms with Crippen LogP contribution in [0.5, 0.6) is 0 Å². The lowest BCUT2D eigenvalue weighted by Crippen LogP contribution is -2.35. The molecule has 0 aliphatic heterocycles. The Bertz CT molecular complexity index is 1310. The van der Waals surface area contributed by atoms with Crippen LogP contribution in [0.4, 0.5) is 30.5 Å². The maximum atomic E-state index is 13.0. The molecule has 0 saturated carbocycles. The molecule has 2 heterocycles. The average Bonchev–Trinajstić information content (AvgIpc) is 3.17. The van der Waals surface area contributed by atoms with Crippen molar-refractivity contribution in [3.63, 3.8) is 0 Å². The van der Waals surface area contributed by atoms with Crippen LogP contribution in [-0.4, -0.2) is 29.3 Å². The van der Waals surface area contributed by atoms with Crippen LogP contribution in [0, 0.1) is 0 Å². The Kier molecular flexibility index (Phi) is 6.46. The zero-order chi connectivity index (χ0) is 24.6. The number of carbonyl (C=O) groups excluding carboxylic acids is 1. The van der Waals surface area contributed by atoms with Crippen molar-refractivity contribution in [2.24, 2.45) is 5.14 Å². The van der Waals surface area contributed by atoms with Gasteiger partial charge >= 0.3 is 6.18 Å². The van der Waals surface area contributed by atoms with Gasteiger partial charge in [-0.05, 0) is 43.7 Å². The van der Waals surface area contributed by atoms with Crippen molar-refractivity contribution < 1.29 is 26.4 Å². The SMILES string of the molecule is CC(=O)Nc1cc(Nc2nccc(C(F)(F)F)n2)cc(-c2cnc(C(C)(C)S(N)(=O)=O)s2)c1. The van der Waals surface area contributed by atoms with Gasteiger partial charge in [0.1, 0.15) is 15.4 Å². The molecule has 0 spiro atoms. The molecule has 14 heteroatoms. The third-order valence-corrected chi connectivity index (χ3v) is 7.59. The minimum Gasteiger partial charge on any atom is -0.326 e. The fraction of sp³-hybridized carbons (Fsp3) is 0.263. The summed E-state index contributed by atoms with van der Waals surface area (Å²) >= 11 is 1.08. The summed E-state index contributed by atoms with van der Waals surface area (Å²) in [5, 5.41) is 10.9. The highest BCUT2D eigenvalue weighted by Crippen LogP contribution is 2.37. The predicted molar refractivity (Wildman–Crippen MR) is 118 cm³/mol. The molecule has 1 aromatic carbocycles. The normalized spacial score (nSPS) is 12.5. The monoisotopic (exact) mass is 500 g/mol. The van der Waals surface area contributed by atoms with E-state index in [9.17, 15) is 26.4 Å². The Hall–Kier alpha value is -3.10. The van der Waals surface area contributed by atoms with Crippen LogP contribution in [-0.2, 0) is 25.7 Å². The third kappa shape index (κ3) is 5.64. The van der Waals surface area contributed by atoms with E-state index >= 15 is 0 Å². The van der Waals surface area contributed by atoms with Gasteiger partial charge in [0, 0.05) is 30.7 Å². The predicted octanol–water partition coefficient (Wildman–Crippen LogP) is 3.84. The lowest BCUT2D eigenvalue weighted by molar-refractivity contribution is -0.141. The van der Waals surface area contributed by atoms with E-state index in [0.717, 1.165) is 23.6 Å². The number of nitrogens with two attached hydrogens (primary N) is 1. The zero-order valence-electron chi connectivity index (χ0n) is 17.6. The average molecular weight is 501 g/mol. The number of primary sulfonamides is 1. The second kappa shape index (κ2) is 8.68. The number of nitrogens with one attached hydrogen (secondary N) is 2. The van der Waals surface area contributed by atoms with Crippen molar-refractivity contribution >= 4 is 44.6 Å². The number of nitrogens with zero attached hydrogens (tertiary/aromatic N) is 3. The topological polar surface area (TPSA) is 140 Å². The number of halogens is 3. The minimum absolute atomic E-state index is 0.251. The lowest BCUT2D eigenvalue weighted by Gasteiger charge is -2.18. The molecule has 33 heavy (non-hydrogen) atoms. The molecule has 0 atom stereocenters. The first-order chi connectivity index (χ1) is 15.2. The summed E-state index contributed by atoms with van der Waals surface area (Å²) in [6.45, 7) is 4.16. The first kappa shape index (κ1) is 24.5. The van der Waals surface area contributed by atoms with E-state index in [-0.39, 0.29) is 22.6 Å². The van der Waals surface area contributed by atoms with Crippen molar-refractivity contribution in [2.75, 3.05) is 10.6 Å². The van der Waals surface area contributed by atoms with Gasteiger partial charge in [0.25, 0.3) is 0 Å². The summed E-state index contributed by atoms with van der Waals surface area (Å²) < 4.78 is 61.3. The minimum atomic E-state index is -4.64.